The van der Waals surface area contributed by atoms with Crippen molar-refractivity contribution in [3.63, 3.8) is 0 Å². The van der Waals surface area contributed by atoms with Crippen LogP contribution < -0.4 is 0 Å². The van der Waals surface area contributed by atoms with Crippen LogP contribution in [0.3, 0.4) is 0 Å². The lowest BCUT2D eigenvalue weighted by Crippen LogP contribution is -2.00. The van der Waals surface area contributed by atoms with Crippen molar-refractivity contribution in [1.82, 2.24) is 0 Å². The van der Waals surface area contributed by atoms with E-state index in [-0.39, 0.29) is 11.7 Å². The monoisotopic (exact) mass is 228 g/mol. The first-order chi connectivity index (χ1) is 8.22. The molecule has 0 unspecified atom stereocenters. The van der Waals surface area contributed by atoms with Crippen molar-refractivity contribution in [3.05, 3.63) is 54.1 Å². The smallest absolute Gasteiger partial charge is 0.337 e. The van der Waals surface area contributed by atoms with Crippen molar-refractivity contribution in [3.8, 4) is 16.9 Å². The van der Waals surface area contributed by atoms with Crippen LogP contribution in [-0.2, 0) is 4.74 Å². The van der Waals surface area contributed by atoms with E-state index < -0.39 is 0 Å². The number of carbonyl (C=O) groups is 1. The highest BCUT2D eigenvalue weighted by atomic mass is 16.5. The Morgan fingerprint density at radius 3 is 2.59 bits per heavy atom. The van der Waals surface area contributed by atoms with Gasteiger partial charge < -0.3 is 9.84 Å². The van der Waals surface area contributed by atoms with Gasteiger partial charge in [0.2, 0.25) is 0 Å². The minimum Gasteiger partial charge on any atom is -0.507 e. The molecule has 0 radical (unpaired) electrons. The van der Waals surface area contributed by atoms with Crippen molar-refractivity contribution in [2.45, 2.75) is 0 Å². The van der Waals surface area contributed by atoms with Gasteiger partial charge in [-0.1, -0.05) is 30.3 Å². The Morgan fingerprint density at radius 1 is 1.12 bits per heavy atom. The number of ether oxygens (including phenoxy) is 1. The topological polar surface area (TPSA) is 46.5 Å². The standard InChI is InChI=1S/C14H12O3/c1-17-14(16)11-6-4-5-10(9-11)12-7-2-3-8-13(12)15/h2-9,15H,1H3. The summed E-state index contributed by atoms with van der Waals surface area (Å²) in [4.78, 5) is 11.4. The molecule has 2 aromatic rings. The molecule has 0 heterocycles. The fourth-order valence-corrected chi connectivity index (χ4v) is 1.65. The second-order valence-electron chi connectivity index (χ2n) is 3.59. The fraction of sp³-hybridized carbons (Fsp3) is 0.0714. The molecular weight excluding hydrogens is 216 g/mol. The van der Waals surface area contributed by atoms with Gasteiger partial charge in [-0.15, -0.1) is 0 Å². The third-order valence-electron chi connectivity index (χ3n) is 2.50. The van der Waals surface area contributed by atoms with Crippen LogP contribution in [-0.4, -0.2) is 18.2 Å². The summed E-state index contributed by atoms with van der Waals surface area (Å²) in [6.07, 6.45) is 0. The third-order valence-corrected chi connectivity index (χ3v) is 2.50. The molecule has 0 fully saturated rings. The molecule has 2 rings (SSSR count). The van der Waals surface area contributed by atoms with Gasteiger partial charge in [-0.25, -0.2) is 4.79 Å². The van der Waals surface area contributed by atoms with E-state index in [0.717, 1.165) is 5.56 Å². The van der Waals surface area contributed by atoms with E-state index in [9.17, 15) is 9.90 Å². The Kier molecular flexibility index (Phi) is 3.10. The molecule has 1 N–H and O–H groups in total. The number of esters is 1. The van der Waals surface area contributed by atoms with Gasteiger partial charge >= 0.3 is 5.97 Å². The highest BCUT2D eigenvalue weighted by Gasteiger charge is 2.08. The molecule has 0 aliphatic rings. The molecule has 0 spiro atoms. The Hall–Kier alpha value is -2.29. The Labute approximate surface area is 99.3 Å². The van der Waals surface area contributed by atoms with Gasteiger partial charge in [-0.2, -0.15) is 0 Å². The summed E-state index contributed by atoms with van der Waals surface area (Å²) in [5, 5.41) is 9.73. The molecule has 0 amide bonds. The van der Waals surface area contributed by atoms with E-state index in [4.69, 9.17) is 0 Å². The van der Waals surface area contributed by atoms with Gasteiger partial charge in [0.05, 0.1) is 12.7 Å². The number of benzene rings is 2. The van der Waals surface area contributed by atoms with Crippen LogP contribution in [0.2, 0.25) is 0 Å². The van der Waals surface area contributed by atoms with Crippen LogP contribution in [0.4, 0.5) is 0 Å². The van der Waals surface area contributed by atoms with Crippen LogP contribution in [0.5, 0.6) is 5.75 Å². The minimum atomic E-state index is -0.387. The zero-order chi connectivity index (χ0) is 12.3. The van der Waals surface area contributed by atoms with Crippen LogP contribution in [0.25, 0.3) is 11.1 Å². The number of rotatable bonds is 2. The average Bonchev–Trinajstić information content (AvgIpc) is 2.38. The van der Waals surface area contributed by atoms with Crippen LogP contribution >= 0.6 is 0 Å². The van der Waals surface area contributed by atoms with E-state index in [2.05, 4.69) is 4.74 Å². The lowest BCUT2D eigenvalue weighted by Gasteiger charge is -2.06. The number of phenolic OH excluding ortho intramolecular Hbond substituents is 1. The number of carbonyl (C=O) groups excluding carboxylic acids is 1. The number of methoxy groups -OCH3 is 1. The van der Waals surface area contributed by atoms with Crippen molar-refractivity contribution in [2.24, 2.45) is 0 Å². The Morgan fingerprint density at radius 2 is 1.88 bits per heavy atom. The largest absolute Gasteiger partial charge is 0.507 e. The normalized spacial score (nSPS) is 9.94. The first kappa shape index (κ1) is 11.2. The first-order valence-corrected chi connectivity index (χ1v) is 5.19. The van der Waals surface area contributed by atoms with Crippen molar-refractivity contribution < 1.29 is 14.6 Å². The van der Waals surface area contributed by atoms with Gasteiger partial charge in [0.1, 0.15) is 5.75 Å². The number of aromatic hydroxyl groups is 1. The third kappa shape index (κ3) is 2.28. The number of phenols is 1. The minimum absolute atomic E-state index is 0.189. The highest BCUT2D eigenvalue weighted by Crippen LogP contribution is 2.28. The summed E-state index contributed by atoms with van der Waals surface area (Å²) >= 11 is 0. The second kappa shape index (κ2) is 4.70. The molecule has 0 bridgehead atoms. The van der Waals surface area contributed by atoms with Gasteiger partial charge in [0.15, 0.2) is 0 Å². The quantitative estimate of drug-likeness (QED) is 0.804. The summed E-state index contributed by atoms with van der Waals surface area (Å²) in [5.74, 6) is -0.197. The maximum atomic E-state index is 11.4. The van der Waals surface area contributed by atoms with Gasteiger partial charge in [-0.05, 0) is 23.8 Å². The highest BCUT2D eigenvalue weighted by molar-refractivity contribution is 5.91. The molecule has 0 atom stereocenters. The Bertz CT molecular complexity index is 547. The van der Waals surface area contributed by atoms with Crippen molar-refractivity contribution in [2.75, 3.05) is 7.11 Å². The summed E-state index contributed by atoms with van der Waals surface area (Å²) < 4.78 is 4.66. The van der Waals surface area contributed by atoms with Crippen molar-refractivity contribution in [1.29, 1.82) is 0 Å². The summed E-state index contributed by atoms with van der Waals surface area (Å²) in [7, 11) is 1.34. The molecule has 3 nitrogen and oxygen atoms in total. The Balaban J connectivity index is 2.47. The molecule has 2 aromatic carbocycles. The van der Waals surface area contributed by atoms with Gasteiger partial charge in [0.25, 0.3) is 0 Å². The maximum Gasteiger partial charge on any atom is 0.337 e. The number of hydrogen-bond donors (Lipinski definition) is 1. The molecule has 3 heteroatoms. The fourth-order valence-electron chi connectivity index (χ4n) is 1.65. The molecule has 0 aliphatic carbocycles. The maximum absolute atomic E-state index is 11.4. The molecular formula is C14H12O3. The summed E-state index contributed by atoms with van der Waals surface area (Å²) in [6, 6.07) is 14.0. The second-order valence-corrected chi connectivity index (χ2v) is 3.59. The van der Waals surface area contributed by atoms with Gasteiger partial charge in [0, 0.05) is 5.56 Å². The van der Waals surface area contributed by atoms with E-state index >= 15 is 0 Å². The van der Waals surface area contributed by atoms with E-state index in [0.29, 0.717) is 11.1 Å². The summed E-state index contributed by atoms with van der Waals surface area (Å²) in [5.41, 5.74) is 1.94. The molecule has 0 aromatic heterocycles. The SMILES string of the molecule is COC(=O)c1cccc(-c2ccccc2O)c1. The van der Waals surface area contributed by atoms with Gasteiger partial charge in [-0.3, -0.25) is 0 Å². The molecule has 86 valence electrons. The lowest BCUT2D eigenvalue weighted by atomic mass is 10.0. The number of para-hydroxylation sites is 1. The van der Waals surface area contributed by atoms with E-state index in [1.165, 1.54) is 7.11 Å². The van der Waals surface area contributed by atoms with Crippen LogP contribution in [0.1, 0.15) is 10.4 Å². The summed E-state index contributed by atoms with van der Waals surface area (Å²) in [6.45, 7) is 0. The van der Waals surface area contributed by atoms with Crippen molar-refractivity contribution >= 4 is 5.97 Å². The van der Waals surface area contributed by atoms with Crippen LogP contribution in [0.15, 0.2) is 48.5 Å². The zero-order valence-corrected chi connectivity index (χ0v) is 9.38. The average molecular weight is 228 g/mol. The predicted octanol–water partition coefficient (Wildman–Crippen LogP) is 2.85. The molecule has 0 aliphatic heterocycles. The predicted molar refractivity (Wildman–Crippen MR) is 64.9 cm³/mol. The molecule has 0 saturated carbocycles. The first-order valence-electron chi connectivity index (χ1n) is 5.19. The zero-order valence-electron chi connectivity index (χ0n) is 9.38. The van der Waals surface area contributed by atoms with E-state index in [1.54, 1.807) is 36.4 Å². The lowest BCUT2D eigenvalue weighted by molar-refractivity contribution is 0.0601. The molecule has 17 heavy (non-hydrogen) atoms. The van der Waals surface area contributed by atoms with Crippen LogP contribution in [0, 0.1) is 0 Å². The molecule has 0 saturated heterocycles. The number of hydrogen-bond acceptors (Lipinski definition) is 3. The van der Waals surface area contributed by atoms with E-state index in [1.807, 2.05) is 12.1 Å².